The highest BCUT2D eigenvalue weighted by Crippen LogP contribution is 2.45. The highest BCUT2D eigenvalue weighted by molar-refractivity contribution is 5.92. The highest BCUT2D eigenvalue weighted by Gasteiger charge is 2.48. The summed E-state index contributed by atoms with van der Waals surface area (Å²) in [6.07, 6.45) is 5.56. The summed E-state index contributed by atoms with van der Waals surface area (Å²) in [5.74, 6) is 1.99. The van der Waals surface area contributed by atoms with E-state index in [1.54, 1.807) is 31.1 Å². The van der Waals surface area contributed by atoms with Crippen LogP contribution in [0.1, 0.15) is 29.2 Å². The van der Waals surface area contributed by atoms with Gasteiger partial charge in [-0.1, -0.05) is 12.1 Å². The number of amides is 1. The molecule has 3 aromatic rings. The van der Waals surface area contributed by atoms with Gasteiger partial charge >= 0.3 is 0 Å². The Balaban J connectivity index is 1.46. The Labute approximate surface area is 163 Å². The highest BCUT2D eigenvalue weighted by atomic mass is 16.5. The molecule has 144 valence electrons. The molecule has 2 aliphatic rings. The molecule has 1 aromatic carbocycles. The van der Waals surface area contributed by atoms with Crippen molar-refractivity contribution in [3.05, 3.63) is 54.2 Å². The minimum absolute atomic E-state index is 0.0480. The minimum atomic E-state index is -0.0610. The maximum atomic E-state index is 12.9. The fourth-order valence-corrected chi connectivity index (χ4v) is 4.71. The van der Waals surface area contributed by atoms with Crippen LogP contribution >= 0.6 is 0 Å². The van der Waals surface area contributed by atoms with E-state index in [-0.39, 0.29) is 11.3 Å². The van der Waals surface area contributed by atoms with Crippen molar-refractivity contribution in [2.75, 3.05) is 20.2 Å². The third-order valence-electron chi connectivity index (χ3n) is 6.21. The third-order valence-corrected chi connectivity index (χ3v) is 6.21. The second kappa shape index (κ2) is 6.22. The molecule has 2 aromatic heterocycles. The number of hydrogen-bond donors (Lipinski definition) is 0. The topological polar surface area (TPSA) is 65.2 Å². The van der Waals surface area contributed by atoms with Crippen LogP contribution in [0.15, 0.2) is 42.7 Å². The van der Waals surface area contributed by atoms with Gasteiger partial charge in [-0.3, -0.25) is 9.48 Å². The Bertz CT molecular complexity index is 1050. The molecule has 1 fully saturated rings. The van der Waals surface area contributed by atoms with E-state index in [2.05, 4.69) is 15.7 Å². The number of benzene rings is 1. The SMILES string of the molecule is COc1ccccc1-c1cnc2n1CCC21CCN(C(=O)c2ccnn2C)C1. The molecule has 0 saturated carbocycles. The van der Waals surface area contributed by atoms with Crippen molar-refractivity contribution in [3.63, 3.8) is 0 Å². The zero-order chi connectivity index (χ0) is 19.3. The van der Waals surface area contributed by atoms with Gasteiger partial charge in [0.25, 0.3) is 5.91 Å². The number of likely N-dealkylation sites (tertiary alicyclic amines) is 1. The van der Waals surface area contributed by atoms with Gasteiger partial charge in [0.1, 0.15) is 17.3 Å². The number of rotatable bonds is 3. The number of ether oxygens (including phenoxy) is 1. The van der Waals surface area contributed by atoms with Crippen LogP contribution in [0.4, 0.5) is 0 Å². The molecular weight excluding hydrogens is 354 g/mol. The first kappa shape index (κ1) is 17.0. The smallest absolute Gasteiger partial charge is 0.272 e. The van der Waals surface area contributed by atoms with Crippen molar-refractivity contribution in [3.8, 4) is 17.0 Å². The van der Waals surface area contributed by atoms with Crippen molar-refractivity contribution in [1.82, 2.24) is 24.2 Å². The second-order valence-corrected chi connectivity index (χ2v) is 7.67. The molecule has 1 saturated heterocycles. The number of para-hydroxylation sites is 1. The Morgan fingerprint density at radius 3 is 2.79 bits per heavy atom. The van der Waals surface area contributed by atoms with Gasteiger partial charge in [-0.2, -0.15) is 5.10 Å². The number of carbonyl (C=O) groups is 1. The summed E-state index contributed by atoms with van der Waals surface area (Å²) in [5.41, 5.74) is 2.71. The van der Waals surface area contributed by atoms with Gasteiger partial charge in [0, 0.05) is 43.9 Å². The molecule has 28 heavy (non-hydrogen) atoms. The number of aryl methyl sites for hydroxylation is 1. The first-order chi connectivity index (χ1) is 13.6. The van der Waals surface area contributed by atoms with E-state index >= 15 is 0 Å². The van der Waals surface area contributed by atoms with E-state index in [1.807, 2.05) is 29.3 Å². The predicted octanol–water partition coefficient (Wildman–Crippen LogP) is 2.48. The van der Waals surface area contributed by atoms with Crippen LogP contribution in [0.3, 0.4) is 0 Å². The molecule has 0 bridgehead atoms. The van der Waals surface area contributed by atoms with Crippen LogP contribution in [0.5, 0.6) is 5.75 Å². The van der Waals surface area contributed by atoms with Crippen molar-refractivity contribution >= 4 is 5.91 Å². The molecule has 1 atom stereocenters. The van der Waals surface area contributed by atoms with Gasteiger partial charge in [-0.25, -0.2) is 4.98 Å². The number of hydrogen-bond acceptors (Lipinski definition) is 4. The Kier molecular flexibility index (Phi) is 3.79. The Morgan fingerprint density at radius 2 is 2.00 bits per heavy atom. The van der Waals surface area contributed by atoms with Crippen LogP contribution in [0.25, 0.3) is 11.3 Å². The van der Waals surface area contributed by atoms with E-state index in [1.165, 1.54) is 0 Å². The van der Waals surface area contributed by atoms with Gasteiger partial charge in [-0.05, 0) is 31.0 Å². The lowest BCUT2D eigenvalue weighted by Crippen LogP contribution is -2.34. The number of imidazole rings is 1. The van der Waals surface area contributed by atoms with E-state index in [0.29, 0.717) is 12.2 Å². The first-order valence-electron chi connectivity index (χ1n) is 9.60. The fraction of sp³-hybridized carbons (Fsp3) is 0.381. The molecule has 2 aliphatic heterocycles. The van der Waals surface area contributed by atoms with Crippen molar-refractivity contribution in [2.45, 2.75) is 24.8 Å². The van der Waals surface area contributed by atoms with Crippen LogP contribution in [0, 0.1) is 0 Å². The monoisotopic (exact) mass is 377 g/mol. The predicted molar refractivity (Wildman–Crippen MR) is 104 cm³/mol. The van der Waals surface area contributed by atoms with Gasteiger partial charge in [0.2, 0.25) is 0 Å². The molecule has 1 spiro atoms. The fourth-order valence-electron chi connectivity index (χ4n) is 4.71. The molecule has 0 aliphatic carbocycles. The number of carbonyl (C=O) groups excluding carboxylic acids is 1. The molecule has 0 radical (unpaired) electrons. The molecule has 1 amide bonds. The average Bonchev–Trinajstić information content (AvgIpc) is 3.48. The summed E-state index contributed by atoms with van der Waals surface area (Å²) in [6, 6.07) is 9.82. The Morgan fingerprint density at radius 1 is 1.18 bits per heavy atom. The summed E-state index contributed by atoms with van der Waals surface area (Å²) in [4.78, 5) is 19.7. The van der Waals surface area contributed by atoms with E-state index in [4.69, 9.17) is 9.72 Å². The molecule has 5 rings (SSSR count). The number of methoxy groups -OCH3 is 1. The zero-order valence-electron chi connectivity index (χ0n) is 16.1. The van der Waals surface area contributed by atoms with Gasteiger partial charge in [-0.15, -0.1) is 0 Å². The first-order valence-corrected chi connectivity index (χ1v) is 9.60. The quantitative estimate of drug-likeness (QED) is 0.703. The molecule has 1 unspecified atom stereocenters. The zero-order valence-corrected chi connectivity index (χ0v) is 16.1. The molecule has 7 heteroatoms. The van der Waals surface area contributed by atoms with Crippen molar-refractivity contribution in [1.29, 1.82) is 0 Å². The van der Waals surface area contributed by atoms with Crippen molar-refractivity contribution in [2.24, 2.45) is 7.05 Å². The maximum Gasteiger partial charge on any atom is 0.272 e. The third kappa shape index (κ3) is 2.38. The van der Waals surface area contributed by atoms with Crippen molar-refractivity contribution < 1.29 is 9.53 Å². The number of nitrogens with zero attached hydrogens (tertiary/aromatic N) is 5. The summed E-state index contributed by atoms with van der Waals surface area (Å²) in [5, 5.41) is 4.13. The summed E-state index contributed by atoms with van der Waals surface area (Å²) in [6.45, 7) is 2.37. The lowest BCUT2D eigenvalue weighted by molar-refractivity contribution is 0.0772. The maximum absolute atomic E-state index is 12.9. The average molecular weight is 377 g/mol. The van der Waals surface area contributed by atoms with Gasteiger partial charge in [0.05, 0.1) is 19.0 Å². The number of fused-ring (bicyclic) bond motifs is 2. The van der Waals surface area contributed by atoms with Gasteiger partial charge < -0.3 is 14.2 Å². The second-order valence-electron chi connectivity index (χ2n) is 7.67. The van der Waals surface area contributed by atoms with Crippen LogP contribution in [0.2, 0.25) is 0 Å². The number of aromatic nitrogens is 4. The van der Waals surface area contributed by atoms with Crippen LogP contribution < -0.4 is 4.74 Å². The molecule has 0 N–H and O–H groups in total. The van der Waals surface area contributed by atoms with E-state index in [9.17, 15) is 4.79 Å². The normalized spacial score (nSPS) is 20.7. The van der Waals surface area contributed by atoms with E-state index < -0.39 is 0 Å². The summed E-state index contributed by atoms with van der Waals surface area (Å²) in [7, 11) is 3.50. The van der Waals surface area contributed by atoms with Gasteiger partial charge in [0.15, 0.2) is 0 Å². The summed E-state index contributed by atoms with van der Waals surface area (Å²) < 4.78 is 9.49. The van der Waals surface area contributed by atoms with Crippen LogP contribution in [-0.2, 0) is 19.0 Å². The standard InChI is InChI=1S/C21H23N5O2/c1-24-16(7-10-23-24)19(27)25-11-8-21(14-25)9-12-26-17(13-22-20(21)26)15-5-3-4-6-18(15)28-2/h3-7,10,13H,8-9,11-12,14H2,1-2H3. The summed E-state index contributed by atoms with van der Waals surface area (Å²) >= 11 is 0. The largest absolute Gasteiger partial charge is 0.496 e. The Hall–Kier alpha value is -3.09. The molecule has 7 nitrogen and oxygen atoms in total. The van der Waals surface area contributed by atoms with Crippen LogP contribution in [-0.4, -0.2) is 50.3 Å². The van der Waals surface area contributed by atoms with E-state index in [0.717, 1.165) is 48.8 Å². The lowest BCUT2D eigenvalue weighted by Gasteiger charge is -2.22. The lowest BCUT2D eigenvalue weighted by atomic mass is 9.85. The molecular formula is C21H23N5O2. The molecule has 4 heterocycles. The minimum Gasteiger partial charge on any atom is -0.496 e.